The minimum Gasteiger partial charge on any atom is -0.469 e. The molecule has 1 aromatic heterocycles. The average molecular weight is 284 g/mol. The monoisotopic (exact) mass is 284 g/mol. The van der Waals surface area contributed by atoms with Crippen molar-refractivity contribution in [2.75, 3.05) is 13.1 Å². The second kappa shape index (κ2) is 6.92. The maximum atomic E-state index is 5.42. The van der Waals surface area contributed by atoms with E-state index < -0.39 is 0 Å². The highest BCUT2D eigenvalue weighted by Crippen LogP contribution is 2.14. The van der Waals surface area contributed by atoms with E-state index in [1.807, 2.05) is 6.07 Å². The Labute approximate surface area is 127 Å². The van der Waals surface area contributed by atoms with Gasteiger partial charge in [-0.2, -0.15) is 0 Å². The molecule has 3 rings (SSSR count). The van der Waals surface area contributed by atoms with Gasteiger partial charge in [-0.1, -0.05) is 30.3 Å². The normalized spacial score (nSPS) is 20.7. The lowest BCUT2D eigenvalue weighted by Gasteiger charge is -2.20. The summed E-state index contributed by atoms with van der Waals surface area (Å²) in [5.74, 6) is 1.06. The van der Waals surface area contributed by atoms with E-state index in [9.17, 15) is 0 Å². The van der Waals surface area contributed by atoms with Crippen LogP contribution in [0.4, 0.5) is 0 Å². The summed E-state index contributed by atoms with van der Waals surface area (Å²) in [6.45, 7) is 5.62. The van der Waals surface area contributed by atoms with Crippen LogP contribution in [0.5, 0.6) is 0 Å². The fourth-order valence-electron chi connectivity index (χ4n) is 3.15. The number of nitrogens with zero attached hydrogens (tertiary/aromatic N) is 1. The summed E-state index contributed by atoms with van der Waals surface area (Å²) in [6.07, 6.45) is 3.94. The summed E-state index contributed by atoms with van der Waals surface area (Å²) >= 11 is 0. The van der Waals surface area contributed by atoms with Gasteiger partial charge in [0.2, 0.25) is 0 Å². The zero-order valence-electron chi connectivity index (χ0n) is 12.7. The predicted octanol–water partition coefficient (Wildman–Crippen LogP) is 3.07. The minimum absolute atomic E-state index is 0.456. The Morgan fingerprint density at radius 2 is 2.10 bits per heavy atom. The number of rotatable bonds is 6. The molecule has 112 valence electrons. The number of furan rings is 1. The van der Waals surface area contributed by atoms with Gasteiger partial charge < -0.3 is 9.73 Å². The highest BCUT2D eigenvalue weighted by Gasteiger charge is 2.23. The number of nitrogens with one attached hydrogen (secondary N) is 1. The third kappa shape index (κ3) is 4.19. The van der Waals surface area contributed by atoms with E-state index in [1.54, 1.807) is 6.26 Å². The van der Waals surface area contributed by atoms with Crippen LogP contribution in [0.3, 0.4) is 0 Å². The van der Waals surface area contributed by atoms with Crippen molar-refractivity contribution >= 4 is 0 Å². The largest absolute Gasteiger partial charge is 0.469 e. The molecule has 1 aromatic carbocycles. The fraction of sp³-hybridized carbons (Fsp3) is 0.444. The van der Waals surface area contributed by atoms with Crippen molar-refractivity contribution in [3.63, 3.8) is 0 Å². The maximum Gasteiger partial charge on any atom is 0.105 e. The van der Waals surface area contributed by atoms with Gasteiger partial charge in [-0.05, 0) is 31.0 Å². The molecule has 0 bridgehead atoms. The molecule has 1 N–H and O–H groups in total. The van der Waals surface area contributed by atoms with Gasteiger partial charge in [-0.25, -0.2) is 0 Å². The van der Waals surface area contributed by atoms with Gasteiger partial charge in [-0.3, -0.25) is 4.90 Å². The quantitative estimate of drug-likeness (QED) is 0.883. The lowest BCUT2D eigenvalue weighted by atomic mass is 10.1. The van der Waals surface area contributed by atoms with Crippen LogP contribution in [0.15, 0.2) is 53.1 Å². The summed E-state index contributed by atoms with van der Waals surface area (Å²) in [4.78, 5) is 2.53. The van der Waals surface area contributed by atoms with Crippen LogP contribution in [0, 0.1) is 0 Å². The number of hydrogen-bond donors (Lipinski definition) is 1. The lowest BCUT2D eigenvalue weighted by Crippen LogP contribution is -2.39. The van der Waals surface area contributed by atoms with E-state index in [-0.39, 0.29) is 0 Å². The Hall–Kier alpha value is -1.58. The maximum absolute atomic E-state index is 5.42. The van der Waals surface area contributed by atoms with Crippen LogP contribution >= 0.6 is 0 Å². The third-order valence-electron chi connectivity index (χ3n) is 4.13. The SMILES string of the molecule is CC(Cc1ccco1)NC1CCN(Cc2ccccc2)C1. The Kier molecular flexibility index (Phi) is 4.73. The van der Waals surface area contributed by atoms with Crippen LogP contribution in [0.25, 0.3) is 0 Å². The molecule has 0 amide bonds. The first-order chi connectivity index (χ1) is 10.3. The topological polar surface area (TPSA) is 28.4 Å². The van der Waals surface area contributed by atoms with E-state index >= 15 is 0 Å². The molecule has 1 saturated heterocycles. The van der Waals surface area contributed by atoms with E-state index in [2.05, 4.69) is 53.5 Å². The van der Waals surface area contributed by atoms with E-state index in [0.29, 0.717) is 12.1 Å². The van der Waals surface area contributed by atoms with Crippen LogP contribution in [-0.4, -0.2) is 30.1 Å². The molecule has 0 radical (unpaired) electrons. The van der Waals surface area contributed by atoms with Crippen molar-refractivity contribution in [2.45, 2.75) is 38.4 Å². The molecule has 0 saturated carbocycles. The molecule has 0 aliphatic carbocycles. The zero-order valence-corrected chi connectivity index (χ0v) is 12.7. The molecule has 3 nitrogen and oxygen atoms in total. The molecule has 21 heavy (non-hydrogen) atoms. The van der Waals surface area contributed by atoms with Crippen LogP contribution < -0.4 is 5.32 Å². The molecule has 1 aliphatic rings. The van der Waals surface area contributed by atoms with E-state index in [0.717, 1.165) is 25.3 Å². The third-order valence-corrected chi connectivity index (χ3v) is 4.13. The molecular weight excluding hydrogens is 260 g/mol. The minimum atomic E-state index is 0.456. The van der Waals surface area contributed by atoms with E-state index in [1.165, 1.54) is 18.5 Å². The average Bonchev–Trinajstić information content (AvgIpc) is 3.12. The molecule has 2 unspecified atom stereocenters. The lowest BCUT2D eigenvalue weighted by molar-refractivity contribution is 0.314. The second-order valence-corrected chi connectivity index (χ2v) is 6.06. The van der Waals surface area contributed by atoms with Gasteiger partial charge in [-0.15, -0.1) is 0 Å². The predicted molar refractivity (Wildman–Crippen MR) is 85.1 cm³/mol. The molecule has 1 fully saturated rings. The molecule has 2 heterocycles. The Morgan fingerprint density at radius 1 is 1.24 bits per heavy atom. The Balaban J connectivity index is 1.44. The van der Waals surface area contributed by atoms with Gasteiger partial charge >= 0.3 is 0 Å². The van der Waals surface area contributed by atoms with Crippen molar-refractivity contribution in [1.82, 2.24) is 10.2 Å². The fourth-order valence-corrected chi connectivity index (χ4v) is 3.15. The van der Waals surface area contributed by atoms with Gasteiger partial charge in [0.05, 0.1) is 6.26 Å². The summed E-state index contributed by atoms with van der Waals surface area (Å²) in [7, 11) is 0. The van der Waals surface area contributed by atoms with Gasteiger partial charge in [0, 0.05) is 38.1 Å². The highest BCUT2D eigenvalue weighted by atomic mass is 16.3. The molecule has 2 aromatic rings. The molecule has 0 spiro atoms. The Bertz CT molecular complexity index is 523. The standard InChI is InChI=1S/C18H24N2O/c1-15(12-18-8-5-11-21-18)19-17-9-10-20(14-17)13-16-6-3-2-4-7-16/h2-8,11,15,17,19H,9-10,12-14H2,1H3. The summed E-state index contributed by atoms with van der Waals surface area (Å²) in [6, 6.07) is 15.8. The molecular formula is C18H24N2O. The van der Waals surface area contributed by atoms with Crippen LogP contribution in [0.1, 0.15) is 24.7 Å². The van der Waals surface area contributed by atoms with Crippen molar-refractivity contribution in [1.29, 1.82) is 0 Å². The van der Waals surface area contributed by atoms with Gasteiger partial charge in [0.1, 0.15) is 5.76 Å². The van der Waals surface area contributed by atoms with Gasteiger partial charge in [0.15, 0.2) is 0 Å². The van der Waals surface area contributed by atoms with Gasteiger partial charge in [0.25, 0.3) is 0 Å². The van der Waals surface area contributed by atoms with Crippen molar-refractivity contribution in [3.8, 4) is 0 Å². The molecule has 1 aliphatic heterocycles. The second-order valence-electron chi connectivity index (χ2n) is 6.06. The van der Waals surface area contributed by atoms with Crippen molar-refractivity contribution < 1.29 is 4.42 Å². The summed E-state index contributed by atoms with van der Waals surface area (Å²) < 4.78 is 5.42. The first kappa shape index (κ1) is 14.4. The highest BCUT2D eigenvalue weighted by molar-refractivity contribution is 5.14. The van der Waals surface area contributed by atoms with Crippen molar-refractivity contribution in [2.24, 2.45) is 0 Å². The zero-order chi connectivity index (χ0) is 14.5. The number of benzene rings is 1. The molecule has 3 heteroatoms. The molecule has 2 atom stereocenters. The first-order valence-electron chi connectivity index (χ1n) is 7.84. The number of hydrogen-bond acceptors (Lipinski definition) is 3. The Morgan fingerprint density at radius 3 is 2.86 bits per heavy atom. The van der Waals surface area contributed by atoms with E-state index in [4.69, 9.17) is 4.42 Å². The summed E-state index contributed by atoms with van der Waals surface area (Å²) in [5, 5.41) is 3.73. The van der Waals surface area contributed by atoms with Crippen molar-refractivity contribution in [3.05, 3.63) is 60.1 Å². The first-order valence-corrected chi connectivity index (χ1v) is 7.84. The van der Waals surface area contributed by atoms with Crippen LogP contribution in [-0.2, 0) is 13.0 Å². The van der Waals surface area contributed by atoms with Crippen LogP contribution in [0.2, 0.25) is 0 Å². The number of likely N-dealkylation sites (tertiary alicyclic amines) is 1. The smallest absolute Gasteiger partial charge is 0.105 e. The summed E-state index contributed by atoms with van der Waals surface area (Å²) in [5.41, 5.74) is 1.40.